The molecule has 0 fully saturated rings. The topological polar surface area (TPSA) is 37.3 Å². The maximum absolute atomic E-state index is 12.1. The van der Waals surface area contributed by atoms with Crippen LogP contribution >= 0.6 is 0 Å². The number of hydrogen-bond acceptors (Lipinski definition) is 2. The van der Waals surface area contributed by atoms with Gasteiger partial charge in [0, 0.05) is 4.90 Å². The minimum absolute atomic E-state index is 0.215. The molecule has 0 saturated heterocycles. The molecular weight excluding hydrogens is 268 g/mol. The lowest BCUT2D eigenvalue weighted by molar-refractivity contribution is 0.248. The summed E-state index contributed by atoms with van der Waals surface area (Å²) in [5, 5.41) is 9.92. The van der Waals surface area contributed by atoms with Crippen LogP contribution in [0.5, 0.6) is 0 Å². The van der Waals surface area contributed by atoms with E-state index in [1.165, 1.54) is 0 Å². The van der Waals surface area contributed by atoms with Crippen molar-refractivity contribution in [2.75, 3.05) is 5.75 Å². The minimum Gasteiger partial charge on any atom is -0.388 e. The van der Waals surface area contributed by atoms with Gasteiger partial charge in [-0.1, -0.05) is 60.2 Å². The first-order valence-corrected chi connectivity index (χ1v) is 7.83. The van der Waals surface area contributed by atoms with Gasteiger partial charge in [-0.2, -0.15) is 0 Å². The van der Waals surface area contributed by atoms with Gasteiger partial charge in [0.2, 0.25) is 0 Å². The van der Waals surface area contributed by atoms with E-state index in [1.807, 2.05) is 67.6 Å². The van der Waals surface area contributed by atoms with Crippen LogP contribution < -0.4 is 0 Å². The molecule has 0 aliphatic rings. The SMILES string of the molecule is Cc1ccc(S(=O)C[C@@H](O)/C=C/c2ccccc2)cc1. The van der Waals surface area contributed by atoms with Gasteiger partial charge in [0.1, 0.15) is 0 Å². The molecule has 0 amide bonds. The molecule has 0 radical (unpaired) electrons. The molecule has 0 saturated carbocycles. The van der Waals surface area contributed by atoms with Crippen LogP contribution in [0.1, 0.15) is 11.1 Å². The summed E-state index contributed by atoms with van der Waals surface area (Å²) in [6.45, 7) is 1.99. The second kappa shape index (κ2) is 7.17. The Hall–Kier alpha value is -1.71. The molecule has 0 aliphatic heterocycles. The smallest absolute Gasteiger partial charge is 0.0843 e. The predicted molar refractivity (Wildman–Crippen MR) is 83.9 cm³/mol. The summed E-state index contributed by atoms with van der Waals surface area (Å²) in [6.07, 6.45) is 2.82. The second-order valence-corrected chi connectivity index (χ2v) is 6.16. The second-order valence-electron chi connectivity index (χ2n) is 4.66. The number of aliphatic hydroxyl groups is 1. The van der Waals surface area contributed by atoms with Crippen molar-refractivity contribution in [1.82, 2.24) is 0 Å². The highest BCUT2D eigenvalue weighted by Crippen LogP contribution is 2.10. The Morgan fingerprint density at radius 1 is 1.10 bits per heavy atom. The van der Waals surface area contributed by atoms with Crippen molar-refractivity contribution in [3.8, 4) is 0 Å². The van der Waals surface area contributed by atoms with Crippen molar-refractivity contribution in [2.45, 2.75) is 17.9 Å². The molecule has 0 aromatic heterocycles. The number of aliphatic hydroxyl groups excluding tert-OH is 1. The van der Waals surface area contributed by atoms with E-state index < -0.39 is 16.9 Å². The average Bonchev–Trinajstić information content (AvgIpc) is 2.47. The Kier molecular flexibility index (Phi) is 5.27. The van der Waals surface area contributed by atoms with Gasteiger partial charge >= 0.3 is 0 Å². The van der Waals surface area contributed by atoms with Crippen LogP contribution in [0.2, 0.25) is 0 Å². The standard InChI is InChI=1S/C17H18O2S/c1-14-7-11-17(12-8-14)20(19)13-16(18)10-9-15-5-3-2-4-6-15/h2-12,16,18H,13H2,1H3/b10-9+/t16-,20?/m0/s1. The average molecular weight is 286 g/mol. The van der Waals surface area contributed by atoms with E-state index in [0.717, 1.165) is 16.0 Å². The maximum atomic E-state index is 12.1. The molecule has 0 bridgehead atoms. The largest absolute Gasteiger partial charge is 0.388 e. The van der Waals surface area contributed by atoms with Crippen LogP contribution in [0.15, 0.2) is 65.6 Å². The highest BCUT2D eigenvalue weighted by atomic mass is 32.2. The summed E-state index contributed by atoms with van der Waals surface area (Å²) in [6, 6.07) is 17.3. The van der Waals surface area contributed by atoms with Gasteiger partial charge in [-0.25, -0.2) is 0 Å². The molecular formula is C17H18O2S. The van der Waals surface area contributed by atoms with Gasteiger partial charge in [-0.05, 0) is 24.6 Å². The molecule has 2 nitrogen and oxygen atoms in total. The van der Waals surface area contributed by atoms with Crippen LogP contribution in [0.4, 0.5) is 0 Å². The summed E-state index contributed by atoms with van der Waals surface area (Å²) < 4.78 is 12.1. The molecule has 0 heterocycles. The summed E-state index contributed by atoms with van der Waals surface area (Å²) in [5.74, 6) is 0.215. The van der Waals surface area contributed by atoms with Gasteiger partial charge in [-0.3, -0.25) is 4.21 Å². The van der Waals surface area contributed by atoms with Crippen molar-refractivity contribution in [3.63, 3.8) is 0 Å². The zero-order chi connectivity index (χ0) is 14.4. The third-order valence-corrected chi connectivity index (χ3v) is 4.36. The Bertz CT molecular complexity index is 588. The first kappa shape index (κ1) is 14.7. The zero-order valence-electron chi connectivity index (χ0n) is 11.4. The zero-order valence-corrected chi connectivity index (χ0v) is 12.2. The van der Waals surface area contributed by atoms with E-state index in [2.05, 4.69) is 0 Å². The van der Waals surface area contributed by atoms with Gasteiger partial charge in [0.05, 0.1) is 22.7 Å². The Morgan fingerprint density at radius 2 is 1.75 bits per heavy atom. The molecule has 2 aromatic rings. The third kappa shape index (κ3) is 4.44. The van der Waals surface area contributed by atoms with E-state index >= 15 is 0 Å². The Balaban J connectivity index is 1.94. The monoisotopic (exact) mass is 286 g/mol. The number of hydrogen-bond donors (Lipinski definition) is 1. The maximum Gasteiger partial charge on any atom is 0.0843 e. The van der Waals surface area contributed by atoms with Gasteiger partial charge in [0.15, 0.2) is 0 Å². The molecule has 0 aliphatic carbocycles. The van der Waals surface area contributed by atoms with E-state index in [4.69, 9.17) is 0 Å². The summed E-state index contributed by atoms with van der Waals surface area (Å²) in [4.78, 5) is 0.753. The van der Waals surface area contributed by atoms with Crippen molar-refractivity contribution in [3.05, 3.63) is 71.8 Å². The highest BCUT2D eigenvalue weighted by molar-refractivity contribution is 7.85. The van der Waals surface area contributed by atoms with E-state index in [9.17, 15) is 9.32 Å². The third-order valence-electron chi connectivity index (χ3n) is 2.92. The Morgan fingerprint density at radius 3 is 2.40 bits per heavy atom. The quantitative estimate of drug-likeness (QED) is 0.916. The van der Waals surface area contributed by atoms with E-state index in [1.54, 1.807) is 6.08 Å². The fourth-order valence-corrected chi connectivity index (χ4v) is 2.84. The van der Waals surface area contributed by atoms with Crippen LogP contribution in [0.3, 0.4) is 0 Å². The van der Waals surface area contributed by atoms with Crippen LogP contribution in [0, 0.1) is 6.92 Å². The Labute approximate surface area is 122 Å². The van der Waals surface area contributed by atoms with Crippen molar-refractivity contribution in [2.24, 2.45) is 0 Å². The van der Waals surface area contributed by atoms with E-state index in [-0.39, 0.29) is 5.75 Å². The van der Waals surface area contributed by atoms with Gasteiger partial charge in [0.25, 0.3) is 0 Å². The summed E-state index contributed by atoms with van der Waals surface area (Å²) in [7, 11) is -1.18. The molecule has 3 heteroatoms. The molecule has 1 N–H and O–H groups in total. The lowest BCUT2D eigenvalue weighted by Gasteiger charge is -2.06. The fourth-order valence-electron chi connectivity index (χ4n) is 1.78. The minimum atomic E-state index is -1.18. The van der Waals surface area contributed by atoms with Crippen molar-refractivity contribution in [1.29, 1.82) is 0 Å². The van der Waals surface area contributed by atoms with Gasteiger partial charge < -0.3 is 5.11 Å². The van der Waals surface area contributed by atoms with Crippen LogP contribution in [-0.2, 0) is 10.8 Å². The fraction of sp³-hybridized carbons (Fsp3) is 0.176. The molecule has 104 valence electrons. The predicted octanol–water partition coefficient (Wildman–Crippen LogP) is 3.18. The number of aryl methyl sites for hydroxylation is 1. The summed E-state index contributed by atoms with van der Waals surface area (Å²) in [5.41, 5.74) is 2.16. The molecule has 2 atom stereocenters. The van der Waals surface area contributed by atoms with Crippen molar-refractivity contribution < 1.29 is 9.32 Å². The number of benzene rings is 2. The molecule has 2 aromatic carbocycles. The van der Waals surface area contributed by atoms with Crippen molar-refractivity contribution >= 4 is 16.9 Å². The van der Waals surface area contributed by atoms with Gasteiger partial charge in [-0.15, -0.1) is 0 Å². The lowest BCUT2D eigenvalue weighted by Crippen LogP contribution is -2.13. The molecule has 1 unspecified atom stereocenters. The van der Waals surface area contributed by atoms with Crippen LogP contribution in [0.25, 0.3) is 6.08 Å². The normalized spacial score (nSPS) is 14.3. The molecule has 2 rings (SSSR count). The van der Waals surface area contributed by atoms with Crippen LogP contribution in [-0.4, -0.2) is 21.2 Å². The number of rotatable bonds is 5. The lowest BCUT2D eigenvalue weighted by atomic mass is 10.2. The highest BCUT2D eigenvalue weighted by Gasteiger charge is 2.08. The first-order valence-electron chi connectivity index (χ1n) is 6.51. The molecule has 20 heavy (non-hydrogen) atoms. The molecule has 0 spiro atoms. The summed E-state index contributed by atoms with van der Waals surface area (Å²) >= 11 is 0. The first-order chi connectivity index (χ1) is 9.65. The van der Waals surface area contributed by atoms with E-state index in [0.29, 0.717) is 0 Å².